The van der Waals surface area contributed by atoms with Gasteiger partial charge >= 0.3 is 0 Å². The summed E-state index contributed by atoms with van der Waals surface area (Å²) in [6.45, 7) is 0. The van der Waals surface area contributed by atoms with E-state index in [1.807, 2.05) is 0 Å². The summed E-state index contributed by atoms with van der Waals surface area (Å²) in [5.41, 5.74) is 0.0461. The van der Waals surface area contributed by atoms with E-state index in [4.69, 9.17) is 0 Å². The summed E-state index contributed by atoms with van der Waals surface area (Å²) >= 11 is 0. The molecule has 0 atom stereocenters. The Morgan fingerprint density at radius 1 is 0.880 bits per heavy atom. The normalized spacial score (nSPS) is 10.4. The molecule has 2 aromatic carbocycles. The molecule has 2 N–H and O–H groups in total. The van der Waals surface area contributed by atoms with Gasteiger partial charge in [0.1, 0.15) is 23.3 Å². The summed E-state index contributed by atoms with van der Waals surface area (Å²) in [5.74, 6) is -2.73. The van der Waals surface area contributed by atoms with Crippen molar-refractivity contribution in [2.75, 3.05) is 10.6 Å². The van der Waals surface area contributed by atoms with Crippen molar-refractivity contribution in [3.8, 4) is 0 Å². The number of benzene rings is 2. The molecule has 0 radical (unpaired) electrons. The third kappa shape index (κ3) is 3.77. The predicted molar refractivity (Wildman–Crippen MR) is 88.2 cm³/mol. The second-order valence-corrected chi connectivity index (χ2v) is 5.08. The number of pyridine rings is 1. The van der Waals surface area contributed by atoms with Gasteiger partial charge in [0.2, 0.25) is 0 Å². The Kier molecular flexibility index (Phi) is 4.65. The first-order chi connectivity index (χ1) is 12.0. The first-order valence-corrected chi connectivity index (χ1v) is 7.27. The van der Waals surface area contributed by atoms with Crippen molar-refractivity contribution in [1.29, 1.82) is 0 Å². The number of nitrogens with zero attached hydrogens (tertiary/aromatic N) is 1. The van der Waals surface area contributed by atoms with Gasteiger partial charge < -0.3 is 10.6 Å². The molecule has 3 rings (SSSR count). The smallest absolute Gasteiger partial charge is 0.259 e. The number of amides is 1. The third-order valence-corrected chi connectivity index (χ3v) is 3.36. The summed E-state index contributed by atoms with van der Waals surface area (Å²) in [7, 11) is 0. The average molecular weight is 343 g/mol. The van der Waals surface area contributed by atoms with Crippen LogP contribution in [0.15, 0.2) is 60.8 Å². The molecule has 25 heavy (non-hydrogen) atoms. The van der Waals surface area contributed by atoms with Gasteiger partial charge in [-0.2, -0.15) is 0 Å². The molecule has 0 saturated heterocycles. The van der Waals surface area contributed by atoms with E-state index in [-0.39, 0.29) is 22.8 Å². The fourth-order valence-corrected chi connectivity index (χ4v) is 2.16. The monoisotopic (exact) mass is 343 g/mol. The molecule has 126 valence electrons. The molecule has 4 nitrogen and oxygen atoms in total. The Bertz CT molecular complexity index is 931. The van der Waals surface area contributed by atoms with Crippen molar-refractivity contribution in [2.24, 2.45) is 0 Å². The highest BCUT2D eigenvalue weighted by Gasteiger charge is 2.15. The highest BCUT2D eigenvalue weighted by atomic mass is 19.1. The number of anilines is 3. The zero-order chi connectivity index (χ0) is 17.8. The number of rotatable bonds is 4. The number of hydrogen-bond donors (Lipinski definition) is 2. The molecule has 3 aromatic rings. The highest BCUT2D eigenvalue weighted by molar-refractivity contribution is 6.07. The van der Waals surface area contributed by atoms with E-state index >= 15 is 0 Å². The molecule has 0 saturated carbocycles. The van der Waals surface area contributed by atoms with Crippen LogP contribution in [-0.2, 0) is 0 Å². The molecule has 1 heterocycles. The molecule has 0 aliphatic carbocycles. The van der Waals surface area contributed by atoms with Crippen LogP contribution >= 0.6 is 0 Å². The van der Waals surface area contributed by atoms with Crippen LogP contribution in [0.1, 0.15) is 10.4 Å². The third-order valence-electron chi connectivity index (χ3n) is 3.36. The first kappa shape index (κ1) is 16.5. The minimum atomic E-state index is -0.902. The fourth-order valence-electron chi connectivity index (χ4n) is 2.16. The number of nitrogens with one attached hydrogen (secondary N) is 2. The van der Waals surface area contributed by atoms with Crippen molar-refractivity contribution in [2.45, 2.75) is 0 Å². The first-order valence-electron chi connectivity index (χ1n) is 7.27. The lowest BCUT2D eigenvalue weighted by molar-refractivity contribution is 0.102. The van der Waals surface area contributed by atoms with Crippen LogP contribution in [0, 0.1) is 17.5 Å². The van der Waals surface area contributed by atoms with Crippen molar-refractivity contribution in [1.82, 2.24) is 4.98 Å². The summed E-state index contributed by atoms with van der Waals surface area (Å²) in [5, 5.41) is 5.07. The van der Waals surface area contributed by atoms with Crippen LogP contribution in [0.5, 0.6) is 0 Å². The van der Waals surface area contributed by atoms with Gasteiger partial charge in [-0.15, -0.1) is 0 Å². The molecule has 0 unspecified atom stereocenters. The number of hydrogen-bond acceptors (Lipinski definition) is 3. The largest absolute Gasteiger partial charge is 0.337 e. The van der Waals surface area contributed by atoms with Crippen molar-refractivity contribution in [3.63, 3.8) is 0 Å². The lowest BCUT2D eigenvalue weighted by Gasteiger charge is -2.12. The Balaban J connectivity index is 1.87. The minimum Gasteiger partial charge on any atom is -0.337 e. The van der Waals surface area contributed by atoms with Gasteiger partial charge in [-0.1, -0.05) is 12.1 Å². The van der Waals surface area contributed by atoms with Crippen molar-refractivity contribution >= 4 is 23.1 Å². The molecule has 0 fully saturated rings. The van der Waals surface area contributed by atoms with Gasteiger partial charge in [0.05, 0.1) is 16.9 Å². The van der Waals surface area contributed by atoms with Crippen LogP contribution < -0.4 is 10.6 Å². The minimum absolute atomic E-state index is 0.0782. The second kappa shape index (κ2) is 7.04. The zero-order valence-electron chi connectivity index (χ0n) is 12.8. The number of carbonyl (C=O) groups is 1. The van der Waals surface area contributed by atoms with E-state index in [9.17, 15) is 18.0 Å². The zero-order valence-corrected chi connectivity index (χ0v) is 12.8. The summed E-state index contributed by atoms with van der Waals surface area (Å²) in [4.78, 5) is 16.4. The van der Waals surface area contributed by atoms with Gasteiger partial charge in [-0.05, 0) is 36.4 Å². The van der Waals surface area contributed by atoms with Crippen LogP contribution in [0.25, 0.3) is 0 Å². The van der Waals surface area contributed by atoms with Gasteiger partial charge in [0, 0.05) is 12.3 Å². The van der Waals surface area contributed by atoms with Gasteiger partial charge in [0.25, 0.3) is 5.91 Å². The lowest BCUT2D eigenvalue weighted by atomic mass is 10.2. The Morgan fingerprint density at radius 2 is 1.68 bits per heavy atom. The molecule has 0 aliphatic rings. The highest BCUT2D eigenvalue weighted by Crippen LogP contribution is 2.22. The number of carbonyl (C=O) groups excluding carboxylic acids is 1. The van der Waals surface area contributed by atoms with E-state index in [0.717, 1.165) is 12.1 Å². The van der Waals surface area contributed by atoms with Crippen molar-refractivity contribution < 1.29 is 18.0 Å². The summed E-state index contributed by atoms with van der Waals surface area (Å²) in [6, 6.07) is 11.7. The van der Waals surface area contributed by atoms with Crippen LogP contribution in [0.2, 0.25) is 0 Å². The molecular formula is C18H12F3N3O. The molecule has 0 spiro atoms. The quantitative estimate of drug-likeness (QED) is 0.734. The van der Waals surface area contributed by atoms with Crippen molar-refractivity contribution in [3.05, 3.63) is 83.8 Å². The van der Waals surface area contributed by atoms with E-state index in [2.05, 4.69) is 15.6 Å². The summed E-state index contributed by atoms with van der Waals surface area (Å²) in [6.07, 6.45) is 1.43. The van der Waals surface area contributed by atoms with Crippen LogP contribution in [0.3, 0.4) is 0 Å². The van der Waals surface area contributed by atoms with E-state index < -0.39 is 23.4 Å². The van der Waals surface area contributed by atoms with E-state index in [1.54, 1.807) is 6.07 Å². The standard InChI is InChI=1S/C18H12F3N3O/c19-11-7-8-16(14(21)10-11)24-18(25)12-4-3-9-22-17(12)23-15-6-2-1-5-13(15)20/h1-10H,(H,22,23)(H,24,25). The van der Waals surface area contributed by atoms with Gasteiger partial charge in [-0.25, -0.2) is 18.2 Å². The predicted octanol–water partition coefficient (Wildman–Crippen LogP) is 4.49. The fraction of sp³-hybridized carbons (Fsp3) is 0. The lowest BCUT2D eigenvalue weighted by Crippen LogP contribution is -2.15. The SMILES string of the molecule is O=C(Nc1ccc(F)cc1F)c1cccnc1Nc1ccccc1F. The molecule has 1 amide bonds. The Labute approximate surface area is 141 Å². The Hall–Kier alpha value is -3.35. The molecule has 7 heteroatoms. The maximum atomic E-state index is 13.8. The molecule has 0 bridgehead atoms. The number of halogens is 3. The summed E-state index contributed by atoms with van der Waals surface area (Å²) < 4.78 is 40.4. The van der Waals surface area contributed by atoms with Crippen LogP contribution in [0.4, 0.5) is 30.4 Å². The second-order valence-electron chi connectivity index (χ2n) is 5.08. The topological polar surface area (TPSA) is 54.0 Å². The van der Waals surface area contributed by atoms with E-state index in [0.29, 0.717) is 6.07 Å². The number of aromatic nitrogens is 1. The van der Waals surface area contributed by atoms with E-state index in [1.165, 1.54) is 36.5 Å². The van der Waals surface area contributed by atoms with Crippen LogP contribution in [-0.4, -0.2) is 10.9 Å². The molecule has 1 aromatic heterocycles. The van der Waals surface area contributed by atoms with Gasteiger partial charge in [0.15, 0.2) is 0 Å². The maximum Gasteiger partial charge on any atom is 0.259 e. The number of para-hydroxylation sites is 1. The molecular weight excluding hydrogens is 331 g/mol. The average Bonchev–Trinajstić information content (AvgIpc) is 2.60. The Morgan fingerprint density at radius 3 is 2.44 bits per heavy atom. The molecule has 0 aliphatic heterocycles. The van der Waals surface area contributed by atoms with Gasteiger partial charge in [-0.3, -0.25) is 4.79 Å². The maximum absolute atomic E-state index is 13.8.